The lowest BCUT2D eigenvalue weighted by atomic mass is 10.3. The minimum Gasteiger partial charge on any atom is -0.349 e. The quantitative estimate of drug-likeness (QED) is 0.895. The SMILES string of the molecule is Cc1nnsc1C(=O)NCCn1ccnc1C1CC1. The monoisotopic (exact) mass is 277 g/mol. The van der Waals surface area contributed by atoms with E-state index in [0.717, 1.165) is 23.9 Å². The van der Waals surface area contributed by atoms with Crippen LogP contribution in [-0.2, 0) is 6.54 Å². The number of imidazole rings is 1. The highest BCUT2D eigenvalue weighted by molar-refractivity contribution is 7.07. The van der Waals surface area contributed by atoms with Gasteiger partial charge < -0.3 is 9.88 Å². The van der Waals surface area contributed by atoms with Crippen LogP contribution in [0.5, 0.6) is 0 Å². The van der Waals surface area contributed by atoms with Crippen molar-refractivity contribution in [2.45, 2.75) is 32.2 Å². The summed E-state index contributed by atoms with van der Waals surface area (Å²) in [5.41, 5.74) is 0.684. The molecule has 2 aromatic rings. The lowest BCUT2D eigenvalue weighted by molar-refractivity contribution is 0.0955. The van der Waals surface area contributed by atoms with E-state index >= 15 is 0 Å². The molecular formula is C12H15N5OS. The molecule has 2 aromatic heterocycles. The minimum absolute atomic E-state index is 0.0967. The number of aryl methyl sites for hydroxylation is 1. The van der Waals surface area contributed by atoms with Crippen LogP contribution in [0.4, 0.5) is 0 Å². The maximum absolute atomic E-state index is 11.9. The largest absolute Gasteiger partial charge is 0.349 e. The summed E-state index contributed by atoms with van der Waals surface area (Å²) < 4.78 is 5.88. The molecule has 19 heavy (non-hydrogen) atoms. The molecule has 0 atom stereocenters. The summed E-state index contributed by atoms with van der Waals surface area (Å²) in [7, 11) is 0. The molecule has 7 heteroatoms. The molecule has 0 unspecified atom stereocenters. The highest BCUT2D eigenvalue weighted by atomic mass is 32.1. The summed E-state index contributed by atoms with van der Waals surface area (Å²) >= 11 is 1.13. The van der Waals surface area contributed by atoms with Gasteiger partial charge in [0, 0.05) is 31.4 Å². The Hall–Kier alpha value is -1.76. The molecule has 3 rings (SSSR count). The Kier molecular flexibility index (Phi) is 3.29. The van der Waals surface area contributed by atoms with Gasteiger partial charge in [-0.05, 0) is 31.3 Å². The fourth-order valence-electron chi connectivity index (χ4n) is 2.02. The van der Waals surface area contributed by atoms with Crippen molar-refractivity contribution in [2.75, 3.05) is 6.54 Å². The average molecular weight is 277 g/mol. The Labute approximate surface area is 115 Å². The number of nitrogens with zero attached hydrogens (tertiary/aromatic N) is 4. The van der Waals surface area contributed by atoms with E-state index in [1.165, 1.54) is 12.8 Å². The summed E-state index contributed by atoms with van der Waals surface area (Å²) in [6, 6.07) is 0. The molecule has 0 spiro atoms. The second-order valence-corrected chi connectivity index (χ2v) is 5.45. The summed E-state index contributed by atoms with van der Waals surface area (Å²) in [4.78, 5) is 16.8. The van der Waals surface area contributed by atoms with Gasteiger partial charge >= 0.3 is 0 Å². The van der Waals surface area contributed by atoms with Crippen molar-refractivity contribution in [3.05, 3.63) is 28.8 Å². The topological polar surface area (TPSA) is 72.7 Å². The van der Waals surface area contributed by atoms with Crippen molar-refractivity contribution >= 4 is 17.4 Å². The molecule has 1 N–H and O–H groups in total. The Morgan fingerprint density at radius 1 is 1.58 bits per heavy atom. The van der Waals surface area contributed by atoms with Gasteiger partial charge in [0.1, 0.15) is 10.7 Å². The minimum atomic E-state index is -0.0967. The lowest BCUT2D eigenvalue weighted by Gasteiger charge is -2.08. The molecule has 2 heterocycles. The van der Waals surface area contributed by atoms with E-state index in [1.807, 2.05) is 12.4 Å². The zero-order valence-electron chi connectivity index (χ0n) is 10.7. The first-order valence-corrected chi connectivity index (χ1v) is 7.11. The van der Waals surface area contributed by atoms with E-state index in [0.29, 0.717) is 23.0 Å². The molecule has 1 amide bonds. The predicted molar refractivity (Wildman–Crippen MR) is 71.2 cm³/mol. The smallest absolute Gasteiger partial charge is 0.265 e. The zero-order chi connectivity index (χ0) is 13.2. The van der Waals surface area contributed by atoms with Crippen LogP contribution in [0.15, 0.2) is 12.4 Å². The Bertz CT molecular complexity index is 586. The van der Waals surface area contributed by atoms with Gasteiger partial charge in [0.25, 0.3) is 5.91 Å². The number of carbonyl (C=O) groups is 1. The molecule has 0 aliphatic heterocycles. The summed E-state index contributed by atoms with van der Waals surface area (Å²) in [5, 5.41) is 6.73. The van der Waals surface area contributed by atoms with E-state index in [9.17, 15) is 4.79 Å². The van der Waals surface area contributed by atoms with Crippen molar-refractivity contribution in [1.29, 1.82) is 0 Å². The van der Waals surface area contributed by atoms with Crippen LogP contribution in [-0.4, -0.2) is 31.6 Å². The first-order chi connectivity index (χ1) is 9.25. The van der Waals surface area contributed by atoms with Gasteiger partial charge in [-0.1, -0.05) is 4.49 Å². The summed E-state index contributed by atoms with van der Waals surface area (Å²) in [6.45, 7) is 3.13. The third kappa shape index (κ3) is 2.65. The van der Waals surface area contributed by atoms with Crippen molar-refractivity contribution in [1.82, 2.24) is 24.5 Å². The first-order valence-electron chi connectivity index (χ1n) is 6.34. The number of nitrogens with one attached hydrogen (secondary N) is 1. The molecule has 1 fully saturated rings. The van der Waals surface area contributed by atoms with E-state index in [-0.39, 0.29) is 5.91 Å². The molecule has 100 valence electrons. The fraction of sp³-hybridized carbons (Fsp3) is 0.500. The van der Waals surface area contributed by atoms with Crippen LogP contribution < -0.4 is 5.32 Å². The van der Waals surface area contributed by atoms with Crippen LogP contribution in [0.1, 0.15) is 39.9 Å². The van der Waals surface area contributed by atoms with Crippen molar-refractivity contribution in [3.8, 4) is 0 Å². The van der Waals surface area contributed by atoms with Gasteiger partial charge in [0.2, 0.25) is 0 Å². The predicted octanol–water partition coefficient (Wildman–Crippen LogP) is 1.35. The number of hydrogen-bond donors (Lipinski definition) is 1. The van der Waals surface area contributed by atoms with Gasteiger partial charge in [-0.25, -0.2) is 4.98 Å². The summed E-state index contributed by atoms with van der Waals surface area (Å²) in [5.74, 6) is 1.67. The maximum atomic E-state index is 11.9. The van der Waals surface area contributed by atoms with Crippen LogP contribution >= 0.6 is 11.5 Å². The Morgan fingerprint density at radius 3 is 3.11 bits per heavy atom. The number of amides is 1. The molecule has 0 bridgehead atoms. The molecule has 0 saturated heterocycles. The third-order valence-corrected chi connectivity index (χ3v) is 4.01. The Balaban J connectivity index is 1.54. The fourth-order valence-corrected chi connectivity index (χ4v) is 2.59. The average Bonchev–Trinajstić information content (AvgIpc) is 2.98. The van der Waals surface area contributed by atoms with Crippen molar-refractivity contribution in [2.24, 2.45) is 0 Å². The van der Waals surface area contributed by atoms with E-state index in [2.05, 4.69) is 24.5 Å². The van der Waals surface area contributed by atoms with Crippen LogP contribution in [0, 0.1) is 6.92 Å². The van der Waals surface area contributed by atoms with Gasteiger partial charge in [-0.2, -0.15) is 0 Å². The highest BCUT2D eigenvalue weighted by Crippen LogP contribution is 2.38. The van der Waals surface area contributed by atoms with Crippen LogP contribution in [0.2, 0.25) is 0 Å². The molecule has 6 nitrogen and oxygen atoms in total. The number of hydrogen-bond acceptors (Lipinski definition) is 5. The van der Waals surface area contributed by atoms with E-state index < -0.39 is 0 Å². The van der Waals surface area contributed by atoms with Crippen molar-refractivity contribution in [3.63, 3.8) is 0 Å². The normalized spacial score (nSPS) is 14.6. The number of rotatable bonds is 5. The Morgan fingerprint density at radius 2 is 2.42 bits per heavy atom. The standard InChI is InChI=1S/C12H15N5OS/c1-8-10(19-16-15-8)12(18)14-5-7-17-6-4-13-11(17)9-2-3-9/h4,6,9H,2-3,5,7H2,1H3,(H,14,18). The lowest BCUT2D eigenvalue weighted by Crippen LogP contribution is -2.27. The second kappa shape index (κ2) is 5.08. The van der Waals surface area contributed by atoms with Crippen LogP contribution in [0.25, 0.3) is 0 Å². The number of aromatic nitrogens is 4. The molecule has 0 aromatic carbocycles. The molecule has 1 aliphatic carbocycles. The first kappa shape index (κ1) is 12.3. The second-order valence-electron chi connectivity index (χ2n) is 4.70. The molecule has 0 radical (unpaired) electrons. The third-order valence-electron chi connectivity index (χ3n) is 3.19. The van der Waals surface area contributed by atoms with Crippen LogP contribution in [0.3, 0.4) is 0 Å². The molecule has 1 aliphatic rings. The van der Waals surface area contributed by atoms with E-state index in [4.69, 9.17) is 0 Å². The van der Waals surface area contributed by atoms with Gasteiger partial charge in [-0.3, -0.25) is 4.79 Å². The van der Waals surface area contributed by atoms with E-state index in [1.54, 1.807) is 6.92 Å². The van der Waals surface area contributed by atoms with Gasteiger partial charge in [0.05, 0.1) is 5.69 Å². The maximum Gasteiger partial charge on any atom is 0.265 e. The van der Waals surface area contributed by atoms with Gasteiger partial charge in [-0.15, -0.1) is 5.10 Å². The van der Waals surface area contributed by atoms with Gasteiger partial charge in [0.15, 0.2) is 0 Å². The molecule has 1 saturated carbocycles. The number of carbonyl (C=O) groups excluding carboxylic acids is 1. The molecular weight excluding hydrogens is 262 g/mol. The highest BCUT2D eigenvalue weighted by Gasteiger charge is 2.27. The summed E-state index contributed by atoms with van der Waals surface area (Å²) in [6.07, 6.45) is 6.26. The van der Waals surface area contributed by atoms with Crippen molar-refractivity contribution < 1.29 is 4.79 Å². The zero-order valence-corrected chi connectivity index (χ0v) is 11.5.